The molecule has 0 saturated heterocycles. The van der Waals surface area contributed by atoms with Gasteiger partial charge in [-0.2, -0.15) is 0 Å². The summed E-state index contributed by atoms with van der Waals surface area (Å²) in [4.78, 5) is 11.8. The fourth-order valence-corrected chi connectivity index (χ4v) is 2.35. The highest BCUT2D eigenvalue weighted by Gasteiger charge is 2.49. The molecule has 1 aliphatic carbocycles. The van der Waals surface area contributed by atoms with E-state index in [9.17, 15) is 4.79 Å². The Hall–Kier alpha value is -0.930. The standard InChI is InChI=1S/C11H9Cl2NO2/c12-6-4-8-9(5-7(6)13)16-11(2-1-3-11)10(15)14-8/h4-5H,1-3H2,(H,14,15). The second kappa shape index (κ2) is 3.28. The smallest absolute Gasteiger partial charge is 0.268 e. The fraction of sp³-hybridized carbons (Fsp3) is 0.364. The molecule has 1 aromatic rings. The van der Waals surface area contributed by atoms with E-state index in [4.69, 9.17) is 27.9 Å². The average molecular weight is 258 g/mol. The van der Waals surface area contributed by atoms with Crippen molar-refractivity contribution >= 4 is 34.8 Å². The summed E-state index contributed by atoms with van der Waals surface area (Å²) in [5.74, 6) is 0.526. The van der Waals surface area contributed by atoms with E-state index in [1.54, 1.807) is 12.1 Å². The van der Waals surface area contributed by atoms with Gasteiger partial charge in [0, 0.05) is 6.07 Å². The highest BCUT2D eigenvalue weighted by Crippen LogP contribution is 2.45. The predicted octanol–water partition coefficient (Wildman–Crippen LogP) is 3.25. The van der Waals surface area contributed by atoms with E-state index >= 15 is 0 Å². The van der Waals surface area contributed by atoms with Gasteiger partial charge in [0.25, 0.3) is 5.91 Å². The van der Waals surface area contributed by atoms with Crippen LogP contribution < -0.4 is 10.1 Å². The lowest BCUT2D eigenvalue weighted by molar-refractivity contribution is -0.139. The monoisotopic (exact) mass is 257 g/mol. The van der Waals surface area contributed by atoms with Gasteiger partial charge >= 0.3 is 0 Å². The number of fused-ring (bicyclic) bond motifs is 1. The molecule has 1 spiro atoms. The predicted molar refractivity (Wildman–Crippen MR) is 62.3 cm³/mol. The zero-order chi connectivity index (χ0) is 11.3. The Morgan fingerprint density at radius 3 is 2.56 bits per heavy atom. The van der Waals surface area contributed by atoms with Crippen LogP contribution in [0.4, 0.5) is 5.69 Å². The molecule has 0 unspecified atom stereocenters. The SMILES string of the molecule is O=C1Nc2cc(Cl)c(Cl)cc2OC12CCC2. The summed E-state index contributed by atoms with van der Waals surface area (Å²) in [5.41, 5.74) is -0.0682. The number of carbonyl (C=O) groups excluding carboxylic acids is 1. The Kier molecular flexibility index (Phi) is 2.10. The Balaban J connectivity index is 2.05. The van der Waals surface area contributed by atoms with E-state index in [1.807, 2.05) is 0 Å². The molecule has 1 amide bonds. The maximum atomic E-state index is 11.8. The molecule has 0 aromatic heterocycles. The number of hydrogen-bond acceptors (Lipinski definition) is 2. The minimum absolute atomic E-state index is 0.0790. The second-order valence-electron chi connectivity index (χ2n) is 4.17. The Morgan fingerprint density at radius 2 is 1.94 bits per heavy atom. The molecule has 1 saturated carbocycles. The largest absolute Gasteiger partial charge is 0.475 e. The summed E-state index contributed by atoms with van der Waals surface area (Å²) >= 11 is 11.8. The van der Waals surface area contributed by atoms with E-state index in [0.717, 1.165) is 19.3 Å². The lowest BCUT2D eigenvalue weighted by Crippen LogP contribution is -2.55. The van der Waals surface area contributed by atoms with Gasteiger partial charge < -0.3 is 10.1 Å². The van der Waals surface area contributed by atoms with Gasteiger partial charge in [-0.15, -0.1) is 0 Å². The van der Waals surface area contributed by atoms with Crippen molar-refractivity contribution in [3.63, 3.8) is 0 Å². The normalized spacial score (nSPS) is 20.8. The van der Waals surface area contributed by atoms with Crippen molar-refractivity contribution < 1.29 is 9.53 Å². The third-order valence-corrected chi connectivity index (χ3v) is 3.87. The number of carbonyl (C=O) groups is 1. The topological polar surface area (TPSA) is 38.3 Å². The Bertz CT molecular complexity index is 483. The van der Waals surface area contributed by atoms with Crippen LogP contribution in [0.3, 0.4) is 0 Å². The molecule has 3 nitrogen and oxygen atoms in total. The molecule has 0 atom stereocenters. The van der Waals surface area contributed by atoms with Crippen LogP contribution in [0.5, 0.6) is 5.75 Å². The first-order chi connectivity index (χ1) is 7.61. The van der Waals surface area contributed by atoms with Crippen molar-refractivity contribution in [2.24, 2.45) is 0 Å². The summed E-state index contributed by atoms with van der Waals surface area (Å²) < 4.78 is 5.75. The number of hydrogen-bond donors (Lipinski definition) is 1. The first-order valence-electron chi connectivity index (χ1n) is 5.10. The molecular weight excluding hydrogens is 249 g/mol. The van der Waals surface area contributed by atoms with Gasteiger partial charge in [-0.25, -0.2) is 0 Å². The van der Waals surface area contributed by atoms with E-state index < -0.39 is 5.60 Å². The van der Waals surface area contributed by atoms with Crippen LogP contribution >= 0.6 is 23.2 Å². The van der Waals surface area contributed by atoms with Crippen molar-refractivity contribution in [1.82, 2.24) is 0 Å². The van der Waals surface area contributed by atoms with Crippen molar-refractivity contribution in [3.8, 4) is 5.75 Å². The molecular formula is C11H9Cl2NO2. The van der Waals surface area contributed by atoms with Gasteiger partial charge in [0.2, 0.25) is 0 Å². The van der Waals surface area contributed by atoms with Crippen LogP contribution in [0.15, 0.2) is 12.1 Å². The van der Waals surface area contributed by atoms with Gasteiger partial charge in [0.15, 0.2) is 5.60 Å². The van der Waals surface area contributed by atoms with Gasteiger partial charge in [0.05, 0.1) is 15.7 Å². The summed E-state index contributed by atoms with van der Waals surface area (Å²) in [6.07, 6.45) is 2.54. The van der Waals surface area contributed by atoms with E-state index in [1.165, 1.54) is 0 Å². The Labute approximate surface area is 103 Å². The molecule has 16 heavy (non-hydrogen) atoms. The Morgan fingerprint density at radius 1 is 1.25 bits per heavy atom. The number of rotatable bonds is 0. The molecule has 84 valence electrons. The number of nitrogens with one attached hydrogen (secondary N) is 1. The molecule has 1 aromatic carbocycles. The minimum Gasteiger partial charge on any atom is -0.475 e. The fourth-order valence-electron chi connectivity index (χ4n) is 2.03. The lowest BCUT2D eigenvalue weighted by Gasteiger charge is -2.43. The van der Waals surface area contributed by atoms with Crippen LogP contribution in [-0.2, 0) is 4.79 Å². The lowest BCUT2D eigenvalue weighted by atomic mass is 9.78. The number of ether oxygens (including phenoxy) is 1. The van der Waals surface area contributed by atoms with Crippen LogP contribution in [0.25, 0.3) is 0 Å². The number of benzene rings is 1. The molecule has 0 radical (unpaired) electrons. The third kappa shape index (κ3) is 1.31. The molecule has 1 N–H and O–H groups in total. The number of anilines is 1. The van der Waals surface area contributed by atoms with Gasteiger partial charge in [-0.1, -0.05) is 23.2 Å². The third-order valence-electron chi connectivity index (χ3n) is 3.15. The van der Waals surface area contributed by atoms with Crippen molar-refractivity contribution in [1.29, 1.82) is 0 Å². The molecule has 3 rings (SSSR count). The maximum absolute atomic E-state index is 11.8. The molecule has 1 fully saturated rings. The van der Waals surface area contributed by atoms with Crippen molar-refractivity contribution in [2.75, 3.05) is 5.32 Å². The van der Waals surface area contributed by atoms with Crippen LogP contribution in [0, 0.1) is 0 Å². The van der Waals surface area contributed by atoms with Crippen LogP contribution in [-0.4, -0.2) is 11.5 Å². The number of halogens is 2. The number of amides is 1. The molecule has 5 heteroatoms. The highest BCUT2D eigenvalue weighted by atomic mass is 35.5. The van der Waals surface area contributed by atoms with Crippen molar-refractivity contribution in [2.45, 2.75) is 24.9 Å². The molecule has 1 aliphatic heterocycles. The van der Waals surface area contributed by atoms with Crippen LogP contribution in [0.1, 0.15) is 19.3 Å². The average Bonchev–Trinajstić information content (AvgIpc) is 2.17. The summed E-state index contributed by atoms with van der Waals surface area (Å²) in [6, 6.07) is 3.27. The summed E-state index contributed by atoms with van der Waals surface area (Å²) in [6.45, 7) is 0. The van der Waals surface area contributed by atoms with Gasteiger partial charge in [-0.05, 0) is 25.3 Å². The van der Waals surface area contributed by atoms with Gasteiger partial charge in [0.1, 0.15) is 5.75 Å². The molecule has 1 heterocycles. The van der Waals surface area contributed by atoms with E-state index in [2.05, 4.69) is 5.32 Å². The summed E-state index contributed by atoms with van der Waals surface area (Å²) in [7, 11) is 0. The maximum Gasteiger partial charge on any atom is 0.268 e. The minimum atomic E-state index is -0.663. The zero-order valence-electron chi connectivity index (χ0n) is 8.35. The summed E-state index contributed by atoms with van der Waals surface area (Å²) in [5, 5.41) is 3.66. The van der Waals surface area contributed by atoms with E-state index in [-0.39, 0.29) is 5.91 Å². The quantitative estimate of drug-likeness (QED) is 0.775. The van der Waals surface area contributed by atoms with Crippen LogP contribution in [0.2, 0.25) is 10.0 Å². The molecule has 0 bridgehead atoms. The highest BCUT2D eigenvalue weighted by molar-refractivity contribution is 6.42. The first kappa shape index (κ1) is 10.2. The first-order valence-corrected chi connectivity index (χ1v) is 5.86. The van der Waals surface area contributed by atoms with Gasteiger partial charge in [-0.3, -0.25) is 4.79 Å². The van der Waals surface area contributed by atoms with E-state index in [0.29, 0.717) is 21.5 Å². The second-order valence-corrected chi connectivity index (χ2v) is 4.98. The zero-order valence-corrected chi connectivity index (χ0v) is 9.86. The molecule has 2 aliphatic rings. The van der Waals surface area contributed by atoms with Crippen molar-refractivity contribution in [3.05, 3.63) is 22.2 Å².